The van der Waals surface area contributed by atoms with Crippen LogP contribution in [-0.2, 0) is 16.2 Å². The number of nitrogens with one attached hydrogen (secondary N) is 1. The van der Waals surface area contributed by atoms with Crippen LogP contribution in [0.5, 0.6) is 5.88 Å². The van der Waals surface area contributed by atoms with Crippen LogP contribution in [0.2, 0.25) is 0 Å². The minimum atomic E-state index is -4.73. The standard InChI is InChI=1S/C15H14F3N5O3S/c1-8-5-4-6-10(15(16,17)18)11(8)22-27(24,25)14-20-13-19-12(26-3)9(2)7-23(13)21-14/h4-7,22H,1-3H3. The number of aryl methyl sites for hydroxylation is 2. The Morgan fingerprint density at radius 1 is 1.15 bits per heavy atom. The van der Waals surface area contributed by atoms with Crippen LogP contribution < -0.4 is 9.46 Å². The number of fused-ring (bicyclic) bond motifs is 1. The lowest BCUT2D eigenvalue weighted by Gasteiger charge is -2.15. The zero-order valence-electron chi connectivity index (χ0n) is 14.4. The number of para-hydroxylation sites is 1. The van der Waals surface area contributed by atoms with E-state index in [1.54, 1.807) is 6.92 Å². The monoisotopic (exact) mass is 401 g/mol. The predicted octanol–water partition coefficient (Wildman–Crippen LogP) is 2.57. The fraction of sp³-hybridized carbons (Fsp3) is 0.267. The Hall–Kier alpha value is -2.89. The van der Waals surface area contributed by atoms with Crippen molar-refractivity contribution in [1.82, 2.24) is 19.6 Å². The van der Waals surface area contributed by atoms with E-state index in [9.17, 15) is 21.6 Å². The second kappa shape index (κ2) is 6.37. The summed E-state index contributed by atoms with van der Waals surface area (Å²) in [6.45, 7) is 3.03. The van der Waals surface area contributed by atoms with E-state index in [1.165, 1.54) is 32.4 Å². The van der Waals surface area contributed by atoms with E-state index in [-0.39, 0.29) is 17.2 Å². The first-order valence-electron chi connectivity index (χ1n) is 7.50. The van der Waals surface area contributed by atoms with Gasteiger partial charge in [0.05, 0.1) is 18.4 Å². The van der Waals surface area contributed by atoms with Crippen LogP contribution >= 0.6 is 0 Å². The van der Waals surface area contributed by atoms with Gasteiger partial charge < -0.3 is 4.74 Å². The van der Waals surface area contributed by atoms with Crippen LogP contribution in [0.1, 0.15) is 16.7 Å². The molecule has 0 aliphatic heterocycles. The molecule has 0 radical (unpaired) electrons. The van der Waals surface area contributed by atoms with Crippen molar-refractivity contribution in [1.29, 1.82) is 0 Å². The van der Waals surface area contributed by atoms with Crippen LogP contribution in [0, 0.1) is 13.8 Å². The highest BCUT2D eigenvalue weighted by Gasteiger charge is 2.36. The Kier molecular flexibility index (Phi) is 4.46. The summed E-state index contributed by atoms with van der Waals surface area (Å²) < 4.78 is 72.8. The first kappa shape index (κ1) is 18.9. The molecule has 2 aromatic heterocycles. The molecular formula is C15H14F3N5O3S. The van der Waals surface area contributed by atoms with E-state index in [0.717, 1.165) is 10.6 Å². The lowest BCUT2D eigenvalue weighted by molar-refractivity contribution is -0.136. The van der Waals surface area contributed by atoms with Gasteiger partial charge in [0.25, 0.3) is 21.0 Å². The van der Waals surface area contributed by atoms with Crippen molar-refractivity contribution in [3.8, 4) is 5.88 Å². The summed E-state index contributed by atoms with van der Waals surface area (Å²) in [7, 11) is -3.10. The number of anilines is 1. The molecule has 2 heterocycles. The Balaban J connectivity index is 2.08. The lowest BCUT2D eigenvalue weighted by atomic mass is 10.1. The zero-order valence-corrected chi connectivity index (χ0v) is 15.2. The first-order valence-corrected chi connectivity index (χ1v) is 8.99. The van der Waals surface area contributed by atoms with Crippen LogP contribution in [0.15, 0.2) is 29.6 Å². The molecule has 0 unspecified atom stereocenters. The van der Waals surface area contributed by atoms with Crippen LogP contribution in [0.3, 0.4) is 0 Å². The SMILES string of the molecule is COc1nc2nc(S(=O)(=O)Nc3c(C)cccc3C(F)(F)F)nn2cc1C. The second-order valence-electron chi connectivity index (χ2n) is 5.67. The summed E-state index contributed by atoms with van der Waals surface area (Å²) in [5.41, 5.74) is -1.01. The first-order chi connectivity index (χ1) is 12.5. The van der Waals surface area contributed by atoms with Crippen molar-refractivity contribution in [3.63, 3.8) is 0 Å². The Bertz CT molecular complexity index is 1130. The van der Waals surface area contributed by atoms with Gasteiger partial charge in [-0.15, -0.1) is 5.10 Å². The van der Waals surface area contributed by atoms with E-state index < -0.39 is 32.6 Å². The number of methoxy groups -OCH3 is 1. The molecule has 0 amide bonds. The number of rotatable bonds is 4. The predicted molar refractivity (Wildman–Crippen MR) is 89.1 cm³/mol. The van der Waals surface area contributed by atoms with Crippen molar-refractivity contribution in [2.45, 2.75) is 25.2 Å². The summed E-state index contributed by atoms with van der Waals surface area (Å²) in [5.74, 6) is 0.156. The summed E-state index contributed by atoms with van der Waals surface area (Å²) in [6, 6.07) is 3.34. The molecule has 0 saturated carbocycles. The topological polar surface area (TPSA) is 98.5 Å². The highest BCUT2D eigenvalue weighted by molar-refractivity contribution is 7.92. The number of nitrogens with zero attached hydrogens (tertiary/aromatic N) is 4. The van der Waals surface area contributed by atoms with Gasteiger partial charge in [0.2, 0.25) is 5.88 Å². The molecule has 3 rings (SSSR count). The molecule has 3 aromatic rings. The number of benzene rings is 1. The van der Waals surface area contributed by atoms with Crippen LogP contribution in [-0.4, -0.2) is 35.1 Å². The molecule has 8 nitrogen and oxygen atoms in total. The minimum absolute atomic E-state index is 0.0707. The molecule has 0 spiro atoms. The Morgan fingerprint density at radius 2 is 1.85 bits per heavy atom. The third-order valence-electron chi connectivity index (χ3n) is 3.70. The van der Waals surface area contributed by atoms with Gasteiger partial charge in [0, 0.05) is 11.8 Å². The Labute approximate surface area is 152 Å². The molecule has 144 valence electrons. The number of halogens is 3. The molecule has 0 atom stereocenters. The van der Waals surface area contributed by atoms with Gasteiger partial charge in [0.15, 0.2) is 0 Å². The summed E-state index contributed by atoms with van der Waals surface area (Å²) in [5, 5.41) is 3.08. The third kappa shape index (κ3) is 3.52. The summed E-state index contributed by atoms with van der Waals surface area (Å²) in [6.07, 6.45) is -3.29. The van der Waals surface area contributed by atoms with Gasteiger partial charge in [-0.2, -0.15) is 31.6 Å². The van der Waals surface area contributed by atoms with E-state index in [4.69, 9.17) is 4.74 Å². The average molecular weight is 401 g/mol. The zero-order chi connectivity index (χ0) is 20.0. The van der Waals surface area contributed by atoms with Crippen molar-refractivity contribution in [2.24, 2.45) is 0 Å². The molecule has 0 bridgehead atoms. The van der Waals surface area contributed by atoms with Gasteiger partial charge in [-0.1, -0.05) is 12.1 Å². The molecule has 27 heavy (non-hydrogen) atoms. The van der Waals surface area contributed by atoms with E-state index in [2.05, 4.69) is 15.1 Å². The molecule has 1 aromatic carbocycles. The molecule has 0 aliphatic carbocycles. The molecule has 12 heteroatoms. The van der Waals surface area contributed by atoms with Crippen LogP contribution in [0.4, 0.5) is 18.9 Å². The maximum atomic E-state index is 13.2. The average Bonchev–Trinajstić information content (AvgIpc) is 2.98. The van der Waals surface area contributed by atoms with E-state index >= 15 is 0 Å². The minimum Gasteiger partial charge on any atom is -0.481 e. The van der Waals surface area contributed by atoms with Crippen molar-refractivity contribution in [2.75, 3.05) is 11.8 Å². The largest absolute Gasteiger partial charge is 0.481 e. The molecule has 1 N–H and O–H groups in total. The molecule has 0 saturated heterocycles. The third-order valence-corrected chi connectivity index (χ3v) is 4.82. The summed E-state index contributed by atoms with van der Waals surface area (Å²) >= 11 is 0. The van der Waals surface area contributed by atoms with Gasteiger partial charge in [-0.25, -0.2) is 4.52 Å². The number of hydrogen-bond donors (Lipinski definition) is 1. The number of hydrogen-bond acceptors (Lipinski definition) is 6. The van der Waals surface area contributed by atoms with Crippen molar-refractivity contribution in [3.05, 3.63) is 41.1 Å². The molecule has 0 aliphatic rings. The van der Waals surface area contributed by atoms with E-state index in [0.29, 0.717) is 5.56 Å². The van der Waals surface area contributed by atoms with E-state index in [1.807, 2.05) is 4.72 Å². The molecular weight excluding hydrogens is 387 g/mol. The highest BCUT2D eigenvalue weighted by atomic mass is 32.2. The molecule has 0 fully saturated rings. The van der Waals surface area contributed by atoms with Crippen molar-refractivity contribution >= 4 is 21.5 Å². The maximum Gasteiger partial charge on any atom is 0.418 e. The van der Waals surface area contributed by atoms with Gasteiger partial charge in [-0.05, 0) is 25.5 Å². The van der Waals surface area contributed by atoms with Gasteiger partial charge >= 0.3 is 6.18 Å². The second-order valence-corrected chi connectivity index (χ2v) is 7.25. The van der Waals surface area contributed by atoms with Gasteiger partial charge in [-0.3, -0.25) is 4.72 Å². The quantitative estimate of drug-likeness (QED) is 0.722. The highest BCUT2D eigenvalue weighted by Crippen LogP contribution is 2.37. The van der Waals surface area contributed by atoms with Crippen molar-refractivity contribution < 1.29 is 26.3 Å². The number of aromatic nitrogens is 4. The fourth-order valence-electron chi connectivity index (χ4n) is 2.42. The lowest BCUT2D eigenvalue weighted by Crippen LogP contribution is -2.19. The maximum absolute atomic E-state index is 13.2. The smallest absolute Gasteiger partial charge is 0.418 e. The normalized spacial score (nSPS) is 12.4. The number of sulfonamides is 1. The number of ether oxygens (including phenoxy) is 1. The number of alkyl halides is 3. The van der Waals surface area contributed by atoms with Crippen LogP contribution in [0.25, 0.3) is 5.78 Å². The summed E-state index contributed by atoms with van der Waals surface area (Å²) in [4.78, 5) is 7.78. The van der Waals surface area contributed by atoms with Gasteiger partial charge in [0.1, 0.15) is 0 Å². The Morgan fingerprint density at radius 3 is 2.48 bits per heavy atom. The fourth-order valence-corrected chi connectivity index (χ4v) is 3.44.